The van der Waals surface area contributed by atoms with Crippen LogP contribution in [0.5, 0.6) is 23.0 Å². The molecule has 0 bridgehead atoms. The SMILES string of the molecule is CCOC(=O)c1ccccc1NC(=O)CN(c1cc(OC)ccc1OC)S(=O)(=O)c1ccc(OC)c(OC)c1. The van der Waals surface area contributed by atoms with Crippen LogP contribution in [-0.4, -0.2) is 61.9 Å². The third-order valence-corrected chi connectivity index (χ3v) is 7.34. The monoisotopic (exact) mass is 558 g/mol. The molecular weight excluding hydrogens is 528 g/mol. The molecule has 0 heterocycles. The molecule has 3 rings (SSSR count). The minimum Gasteiger partial charge on any atom is -0.497 e. The number of nitrogens with zero attached hydrogens (tertiary/aromatic N) is 1. The Balaban J connectivity index is 2.09. The maximum absolute atomic E-state index is 14.0. The van der Waals surface area contributed by atoms with Gasteiger partial charge in [-0.2, -0.15) is 0 Å². The predicted octanol–water partition coefficient (Wildman–Crippen LogP) is 3.73. The standard InChI is InChI=1S/C27H30N2O9S/c1-6-38-27(31)20-9-7-8-10-21(20)28-26(30)17-29(22-15-18(34-2)11-13-23(22)35-3)39(32,33)19-12-14-24(36-4)25(16-19)37-5/h7-16H,6,17H2,1-5H3,(H,28,30). The number of hydrogen-bond donors (Lipinski definition) is 1. The number of para-hydroxylation sites is 1. The average Bonchev–Trinajstić information content (AvgIpc) is 2.95. The van der Waals surface area contributed by atoms with Gasteiger partial charge in [0.2, 0.25) is 5.91 Å². The van der Waals surface area contributed by atoms with Gasteiger partial charge in [-0.3, -0.25) is 9.10 Å². The zero-order valence-electron chi connectivity index (χ0n) is 22.2. The van der Waals surface area contributed by atoms with E-state index in [4.69, 9.17) is 23.7 Å². The van der Waals surface area contributed by atoms with Crippen LogP contribution in [0.2, 0.25) is 0 Å². The van der Waals surface area contributed by atoms with E-state index in [0.717, 1.165) is 4.31 Å². The van der Waals surface area contributed by atoms with E-state index < -0.39 is 28.4 Å². The van der Waals surface area contributed by atoms with Crippen molar-refractivity contribution in [3.63, 3.8) is 0 Å². The van der Waals surface area contributed by atoms with Gasteiger partial charge in [-0.15, -0.1) is 0 Å². The second-order valence-corrected chi connectivity index (χ2v) is 9.74. The van der Waals surface area contributed by atoms with Crippen molar-refractivity contribution < 1.29 is 41.7 Å². The maximum Gasteiger partial charge on any atom is 0.340 e. The van der Waals surface area contributed by atoms with Crippen molar-refractivity contribution >= 4 is 33.3 Å². The number of methoxy groups -OCH3 is 4. The first-order chi connectivity index (χ1) is 18.7. The molecule has 0 unspecified atom stereocenters. The highest BCUT2D eigenvalue weighted by Crippen LogP contribution is 2.37. The van der Waals surface area contributed by atoms with Crippen LogP contribution in [0.4, 0.5) is 11.4 Å². The van der Waals surface area contributed by atoms with Crippen molar-refractivity contribution in [1.29, 1.82) is 0 Å². The summed E-state index contributed by atoms with van der Waals surface area (Å²) in [5.74, 6) is -0.316. The highest BCUT2D eigenvalue weighted by Gasteiger charge is 2.31. The third-order valence-electron chi connectivity index (χ3n) is 5.58. The van der Waals surface area contributed by atoms with E-state index in [1.54, 1.807) is 25.1 Å². The van der Waals surface area contributed by atoms with E-state index in [9.17, 15) is 18.0 Å². The Bertz CT molecular complexity index is 1440. The minimum absolute atomic E-state index is 0.0560. The number of carbonyl (C=O) groups excluding carboxylic acids is 2. The molecule has 0 aliphatic carbocycles. The lowest BCUT2D eigenvalue weighted by Gasteiger charge is -2.26. The Kier molecular flexibility index (Phi) is 9.61. The molecule has 0 atom stereocenters. The summed E-state index contributed by atoms with van der Waals surface area (Å²) in [5.41, 5.74) is 0.350. The molecule has 0 spiro atoms. The summed E-state index contributed by atoms with van der Waals surface area (Å²) in [4.78, 5) is 25.5. The topological polar surface area (TPSA) is 130 Å². The number of hydrogen-bond acceptors (Lipinski definition) is 9. The van der Waals surface area contributed by atoms with Gasteiger partial charge in [0.15, 0.2) is 11.5 Å². The summed E-state index contributed by atoms with van der Waals surface area (Å²) < 4.78 is 55.1. The van der Waals surface area contributed by atoms with Gasteiger partial charge in [-0.1, -0.05) is 12.1 Å². The van der Waals surface area contributed by atoms with E-state index in [0.29, 0.717) is 11.5 Å². The number of esters is 1. The number of nitrogens with one attached hydrogen (secondary N) is 1. The molecule has 0 saturated carbocycles. The van der Waals surface area contributed by atoms with Crippen molar-refractivity contribution in [3.05, 3.63) is 66.2 Å². The van der Waals surface area contributed by atoms with Crippen LogP contribution in [-0.2, 0) is 19.6 Å². The number of amides is 1. The summed E-state index contributed by atoms with van der Waals surface area (Å²) >= 11 is 0. The van der Waals surface area contributed by atoms with E-state index >= 15 is 0 Å². The number of rotatable bonds is 12. The molecule has 208 valence electrons. The quantitative estimate of drug-likeness (QED) is 0.331. The highest BCUT2D eigenvalue weighted by atomic mass is 32.2. The first-order valence-electron chi connectivity index (χ1n) is 11.7. The largest absolute Gasteiger partial charge is 0.497 e. The molecule has 0 fully saturated rings. The molecule has 0 aromatic heterocycles. The van der Waals surface area contributed by atoms with Crippen LogP contribution in [0.25, 0.3) is 0 Å². The lowest BCUT2D eigenvalue weighted by molar-refractivity contribution is -0.114. The molecule has 1 amide bonds. The second kappa shape index (κ2) is 12.9. The summed E-state index contributed by atoms with van der Waals surface area (Å²) in [7, 11) is 1.23. The molecular formula is C27H30N2O9S. The zero-order chi connectivity index (χ0) is 28.6. The van der Waals surface area contributed by atoms with Gasteiger partial charge in [0.05, 0.1) is 56.9 Å². The number of carbonyl (C=O) groups is 2. The molecule has 1 N–H and O–H groups in total. The van der Waals surface area contributed by atoms with Crippen LogP contribution < -0.4 is 28.6 Å². The first kappa shape index (κ1) is 29.1. The van der Waals surface area contributed by atoms with Crippen LogP contribution in [0, 0.1) is 0 Å². The van der Waals surface area contributed by atoms with Crippen molar-refractivity contribution in [1.82, 2.24) is 0 Å². The molecule has 12 heteroatoms. The third kappa shape index (κ3) is 6.52. The number of anilines is 2. The van der Waals surface area contributed by atoms with E-state index in [2.05, 4.69) is 5.32 Å². The van der Waals surface area contributed by atoms with Crippen molar-refractivity contribution in [2.45, 2.75) is 11.8 Å². The molecule has 3 aromatic rings. The molecule has 0 saturated heterocycles. The van der Waals surface area contributed by atoms with Gasteiger partial charge in [-0.25, -0.2) is 13.2 Å². The Morgan fingerprint density at radius 2 is 1.49 bits per heavy atom. The van der Waals surface area contributed by atoms with Crippen LogP contribution in [0.15, 0.2) is 65.6 Å². The van der Waals surface area contributed by atoms with Crippen LogP contribution in [0.1, 0.15) is 17.3 Å². The summed E-state index contributed by atoms with van der Waals surface area (Å²) in [6.07, 6.45) is 0. The molecule has 0 radical (unpaired) electrons. The zero-order valence-corrected chi connectivity index (χ0v) is 23.0. The van der Waals surface area contributed by atoms with E-state index in [1.807, 2.05) is 0 Å². The Morgan fingerprint density at radius 3 is 2.13 bits per heavy atom. The summed E-state index contributed by atoms with van der Waals surface area (Å²) in [6.45, 7) is 1.14. The minimum atomic E-state index is -4.38. The number of ether oxygens (including phenoxy) is 5. The molecule has 0 aliphatic rings. The molecule has 3 aromatic carbocycles. The fourth-order valence-corrected chi connectivity index (χ4v) is 5.13. The average molecular weight is 559 g/mol. The van der Waals surface area contributed by atoms with E-state index in [-0.39, 0.29) is 39.9 Å². The highest BCUT2D eigenvalue weighted by molar-refractivity contribution is 7.92. The van der Waals surface area contributed by atoms with E-state index in [1.165, 1.54) is 70.9 Å². The van der Waals surface area contributed by atoms with Crippen LogP contribution >= 0.6 is 0 Å². The Hall–Kier alpha value is -4.45. The predicted molar refractivity (Wildman–Crippen MR) is 145 cm³/mol. The summed E-state index contributed by atoms with van der Waals surface area (Å²) in [6, 6.07) is 14.9. The lowest BCUT2D eigenvalue weighted by atomic mass is 10.2. The van der Waals surface area contributed by atoms with Gasteiger partial charge in [0.25, 0.3) is 10.0 Å². The fraction of sp³-hybridized carbons (Fsp3) is 0.259. The van der Waals surface area contributed by atoms with Crippen LogP contribution in [0.3, 0.4) is 0 Å². The fourth-order valence-electron chi connectivity index (χ4n) is 3.69. The normalized spacial score (nSPS) is 10.8. The number of sulfonamides is 1. The Labute approximate surface area is 227 Å². The van der Waals surface area contributed by atoms with Crippen molar-refractivity contribution in [2.75, 3.05) is 51.2 Å². The van der Waals surface area contributed by atoms with Gasteiger partial charge < -0.3 is 29.0 Å². The smallest absolute Gasteiger partial charge is 0.340 e. The first-order valence-corrected chi connectivity index (χ1v) is 13.2. The van der Waals surface area contributed by atoms with Gasteiger partial charge in [0, 0.05) is 12.1 Å². The molecule has 0 aliphatic heterocycles. The second-order valence-electron chi connectivity index (χ2n) is 7.88. The van der Waals surface area contributed by atoms with Crippen molar-refractivity contribution in [3.8, 4) is 23.0 Å². The maximum atomic E-state index is 14.0. The van der Waals surface area contributed by atoms with Crippen molar-refractivity contribution in [2.24, 2.45) is 0 Å². The van der Waals surface area contributed by atoms with Gasteiger partial charge in [0.1, 0.15) is 18.0 Å². The van der Waals surface area contributed by atoms with Gasteiger partial charge >= 0.3 is 5.97 Å². The number of benzene rings is 3. The molecule has 39 heavy (non-hydrogen) atoms. The Morgan fingerprint density at radius 1 is 0.821 bits per heavy atom. The summed E-state index contributed by atoms with van der Waals surface area (Å²) in [5, 5.41) is 2.62. The lowest BCUT2D eigenvalue weighted by Crippen LogP contribution is -2.38. The van der Waals surface area contributed by atoms with Gasteiger partial charge in [-0.05, 0) is 43.3 Å². The molecule has 11 nitrogen and oxygen atoms in total.